The maximum Gasteiger partial charge on any atom is 0.157 e. The number of nitrogens with zero attached hydrogens (tertiary/aromatic N) is 2. The van der Waals surface area contributed by atoms with Crippen LogP contribution in [-0.4, -0.2) is 44.3 Å². The van der Waals surface area contributed by atoms with Crippen LogP contribution in [-0.2, 0) is 9.47 Å². The summed E-state index contributed by atoms with van der Waals surface area (Å²) in [5, 5.41) is 6.56. The van der Waals surface area contributed by atoms with E-state index >= 15 is 0 Å². The molecule has 0 N–H and O–H groups in total. The molecule has 1 saturated carbocycles. The summed E-state index contributed by atoms with van der Waals surface area (Å²) in [6.07, 6.45) is 7.27. The third-order valence-electron chi connectivity index (χ3n) is 3.48. The predicted octanol–water partition coefficient (Wildman–Crippen LogP) is 2.25. The largest absolute Gasteiger partial charge is 0.350 e. The molecular weight excluding hydrogens is 216 g/mol. The average Bonchev–Trinajstić information content (AvgIpc) is 2.80. The quantitative estimate of drug-likeness (QED) is 0.707. The Hall–Kier alpha value is -0.610. The lowest BCUT2D eigenvalue weighted by Gasteiger charge is -2.26. The molecule has 0 aromatic heterocycles. The Morgan fingerprint density at radius 3 is 2.65 bits per heavy atom. The minimum Gasteiger partial charge on any atom is -0.350 e. The second-order valence-corrected chi connectivity index (χ2v) is 5.13. The Balaban J connectivity index is 1.83. The summed E-state index contributed by atoms with van der Waals surface area (Å²) in [4.78, 5) is 0. The van der Waals surface area contributed by atoms with E-state index in [1.165, 1.54) is 25.0 Å². The Kier molecular flexibility index (Phi) is 4.80. The van der Waals surface area contributed by atoms with Crippen molar-refractivity contribution in [3.63, 3.8) is 0 Å². The molecule has 1 aliphatic carbocycles. The third kappa shape index (κ3) is 3.96. The fraction of sp³-hybridized carbons (Fsp3) is 0.923. The smallest absolute Gasteiger partial charge is 0.157 e. The molecule has 4 heteroatoms. The van der Waals surface area contributed by atoms with Gasteiger partial charge in [-0.05, 0) is 38.0 Å². The van der Waals surface area contributed by atoms with Crippen LogP contribution in [0.25, 0.3) is 0 Å². The van der Waals surface area contributed by atoms with E-state index in [2.05, 4.69) is 5.10 Å². The summed E-state index contributed by atoms with van der Waals surface area (Å²) in [7, 11) is 4.00. The first-order valence-electron chi connectivity index (χ1n) is 6.73. The zero-order valence-electron chi connectivity index (χ0n) is 11.0. The molecule has 2 aliphatic rings. The van der Waals surface area contributed by atoms with Gasteiger partial charge in [-0.15, -0.1) is 0 Å². The van der Waals surface area contributed by atoms with Gasteiger partial charge in [-0.2, -0.15) is 5.10 Å². The Morgan fingerprint density at radius 1 is 1.18 bits per heavy atom. The summed E-state index contributed by atoms with van der Waals surface area (Å²) < 4.78 is 11.0. The molecule has 2 rings (SSSR count). The van der Waals surface area contributed by atoms with Gasteiger partial charge in [0.2, 0.25) is 0 Å². The highest BCUT2D eigenvalue weighted by molar-refractivity contribution is 5.87. The molecule has 4 nitrogen and oxygen atoms in total. The van der Waals surface area contributed by atoms with Crippen molar-refractivity contribution in [1.82, 2.24) is 5.01 Å². The minimum atomic E-state index is 0.0394. The number of hydrogen-bond acceptors (Lipinski definition) is 4. The van der Waals surface area contributed by atoms with Crippen LogP contribution in [0, 0.1) is 5.92 Å². The highest BCUT2D eigenvalue weighted by atomic mass is 16.7. The minimum absolute atomic E-state index is 0.0394. The van der Waals surface area contributed by atoms with Crippen molar-refractivity contribution in [2.75, 3.05) is 27.3 Å². The lowest BCUT2D eigenvalue weighted by atomic mass is 9.84. The van der Waals surface area contributed by atoms with E-state index in [1.807, 2.05) is 19.1 Å². The van der Waals surface area contributed by atoms with Gasteiger partial charge >= 0.3 is 0 Å². The van der Waals surface area contributed by atoms with E-state index in [4.69, 9.17) is 9.47 Å². The molecule has 0 bridgehead atoms. The topological polar surface area (TPSA) is 34.1 Å². The van der Waals surface area contributed by atoms with Crippen LogP contribution in [0.1, 0.15) is 38.5 Å². The van der Waals surface area contributed by atoms with Gasteiger partial charge in [-0.1, -0.05) is 6.42 Å². The van der Waals surface area contributed by atoms with Gasteiger partial charge in [0.05, 0.1) is 13.2 Å². The van der Waals surface area contributed by atoms with Crippen molar-refractivity contribution in [3.8, 4) is 0 Å². The molecule has 1 atom stereocenters. The second-order valence-electron chi connectivity index (χ2n) is 5.13. The Labute approximate surface area is 104 Å². The Bertz CT molecular complexity index is 260. The number of hydrogen-bond donors (Lipinski definition) is 0. The molecule has 1 aliphatic heterocycles. The van der Waals surface area contributed by atoms with Crippen molar-refractivity contribution in [2.45, 2.75) is 44.8 Å². The molecule has 0 aromatic carbocycles. The van der Waals surface area contributed by atoms with Crippen LogP contribution in [0.5, 0.6) is 0 Å². The van der Waals surface area contributed by atoms with Crippen molar-refractivity contribution in [3.05, 3.63) is 0 Å². The van der Waals surface area contributed by atoms with Gasteiger partial charge < -0.3 is 14.5 Å². The second kappa shape index (κ2) is 6.36. The monoisotopic (exact) mass is 240 g/mol. The van der Waals surface area contributed by atoms with Crippen LogP contribution in [0.4, 0.5) is 0 Å². The van der Waals surface area contributed by atoms with Gasteiger partial charge in [0.25, 0.3) is 0 Å². The number of hydrazone groups is 1. The van der Waals surface area contributed by atoms with E-state index in [1.54, 1.807) is 0 Å². The van der Waals surface area contributed by atoms with Gasteiger partial charge in [0.15, 0.2) is 6.29 Å². The molecular formula is C13H24N2O2. The van der Waals surface area contributed by atoms with Crippen molar-refractivity contribution >= 4 is 5.71 Å². The fourth-order valence-electron chi connectivity index (χ4n) is 2.68. The van der Waals surface area contributed by atoms with E-state index in [0.29, 0.717) is 5.92 Å². The molecule has 2 fully saturated rings. The summed E-state index contributed by atoms with van der Waals surface area (Å²) in [6.45, 7) is 1.52. The van der Waals surface area contributed by atoms with Gasteiger partial charge in [0.1, 0.15) is 0 Å². The van der Waals surface area contributed by atoms with Crippen molar-refractivity contribution in [1.29, 1.82) is 0 Å². The fourth-order valence-corrected chi connectivity index (χ4v) is 2.68. The van der Waals surface area contributed by atoms with Crippen LogP contribution in [0.15, 0.2) is 5.10 Å². The molecule has 17 heavy (non-hydrogen) atoms. The Morgan fingerprint density at radius 2 is 1.94 bits per heavy atom. The molecule has 0 amide bonds. The van der Waals surface area contributed by atoms with Crippen molar-refractivity contribution < 1.29 is 9.47 Å². The zero-order valence-corrected chi connectivity index (χ0v) is 11.0. The first-order valence-corrected chi connectivity index (χ1v) is 6.73. The first-order chi connectivity index (χ1) is 8.25. The average molecular weight is 240 g/mol. The molecule has 1 saturated heterocycles. The summed E-state index contributed by atoms with van der Waals surface area (Å²) in [6, 6.07) is 0. The van der Waals surface area contributed by atoms with E-state index in [0.717, 1.165) is 32.5 Å². The lowest BCUT2D eigenvalue weighted by molar-refractivity contribution is -0.0492. The summed E-state index contributed by atoms with van der Waals surface area (Å²) in [5.74, 6) is 0.638. The van der Waals surface area contributed by atoms with Gasteiger partial charge in [-0.25, -0.2) is 0 Å². The van der Waals surface area contributed by atoms with E-state index in [9.17, 15) is 0 Å². The van der Waals surface area contributed by atoms with Crippen LogP contribution >= 0.6 is 0 Å². The van der Waals surface area contributed by atoms with Gasteiger partial charge in [0, 0.05) is 19.8 Å². The van der Waals surface area contributed by atoms with E-state index in [-0.39, 0.29) is 6.29 Å². The first kappa shape index (κ1) is 12.8. The third-order valence-corrected chi connectivity index (χ3v) is 3.48. The molecule has 0 spiro atoms. The predicted molar refractivity (Wildman–Crippen MR) is 68.0 cm³/mol. The van der Waals surface area contributed by atoms with Crippen LogP contribution in [0.2, 0.25) is 0 Å². The van der Waals surface area contributed by atoms with Crippen LogP contribution in [0.3, 0.4) is 0 Å². The highest BCUT2D eigenvalue weighted by Crippen LogP contribution is 2.27. The molecule has 98 valence electrons. The number of ether oxygens (including phenoxy) is 2. The molecule has 1 unspecified atom stereocenters. The maximum absolute atomic E-state index is 5.49. The summed E-state index contributed by atoms with van der Waals surface area (Å²) >= 11 is 0. The molecule has 0 radical (unpaired) electrons. The maximum atomic E-state index is 5.49. The number of rotatable bonds is 4. The normalized spacial score (nSPS) is 28.8. The van der Waals surface area contributed by atoms with E-state index < -0.39 is 0 Å². The van der Waals surface area contributed by atoms with Crippen molar-refractivity contribution in [2.24, 2.45) is 11.0 Å². The lowest BCUT2D eigenvalue weighted by Crippen LogP contribution is -2.24. The molecule has 0 aromatic rings. The zero-order chi connectivity index (χ0) is 12.1. The SMILES string of the molecule is CN(C)/N=C1\CCCCC1CCC1OCCO1. The van der Waals surface area contributed by atoms with Gasteiger partial charge in [-0.3, -0.25) is 0 Å². The molecule has 1 heterocycles. The highest BCUT2D eigenvalue weighted by Gasteiger charge is 2.24. The van der Waals surface area contributed by atoms with Crippen LogP contribution < -0.4 is 0 Å². The summed E-state index contributed by atoms with van der Waals surface area (Å²) in [5.41, 5.74) is 1.37. The standard InChI is InChI=1S/C13H24N2O2/c1-15(2)14-12-6-4-3-5-11(12)7-8-13-16-9-10-17-13/h11,13H,3-10H2,1-2H3/b14-12+.